The van der Waals surface area contributed by atoms with Crippen LogP contribution in [0.1, 0.15) is 76.4 Å². The number of halogens is 1. The predicted octanol–water partition coefficient (Wildman–Crippen LogP) is 4.65. The molecule has 2 aromatic rings. The lowest BCUT2D eigenvalue weighted by Crippen LogP contribution is -2.46. The highest BCUT2D eigenvalue weighted by Crippen LogP contribution is 2.49. The number of Topliss-reactive ketones (excluding diaryl/α,β-unsaturated/α-hetero) is 1. The minimum absolute atomic E-state index is 0.119. The van der Waals surface area contributed by atoms with Crippen LogP contribution >= 0.6 is 22.9 Å². The first-order valence-corrected chi connectivity index (χ1v) is 13.9. The summed E-state index contributed by atoms with van der Waals surface area (Å²) in [6, 6.07) is 5.59. The number of rotatable bonds is 1. The van der Waals surface area contributed by atoms with Crippen molar-refractivity contribution in [3.8, 4) is 0 Å². The van der Waals surface area contributed by atoms with Crippen molar-refractivity contribution < 1.29 is 24.5 Å². The van der Waals surface area contributed by atoms with Crippen LogP contribution in [0.2, 0.25) is 0 Å². The van der Waals surface area contributed by atoms with Crippen molar-refractivity contribution in [2.24, 2.45) is 17.3 Å². The summed E-state index contributed by atoms with van der Waals surface area (Å²) in [6.45, 7) is 8.85. The summed E-state index contributed by atoms with van der Waals surface area (Å²) in [5, 5.41) is 25.0. The SMILES string of the molecule is Cc1nc2cc([C@@H]3C[C@@H]4O[C@]4(Cl)CCC[C@H](C)[C@H](O)[C@@H](C)C(=O)C(C)(C)[C@@H](O)CC(=O)N3)ccc2s1. The Bertz CT molecular complexity index is 1140. The third-order valence-corrected chi connectivity index (χ3v) is 9.47. The van der Waals surface area contributed by atoms with E-state index in [1.54, 1.807) is 32.1 Å². The molecule has 0 bridgehead atoms. The normalized spacial score (nSPS) is 36.3. The number of amides is 1. The number of carbonyl (C=O) groups excluding carboxylic acids is 2. The Kier molecular flexibility index (Phi) is 7.85. The van der Waals surface area contributed by atoms with E-state index in [0.717, 1.165) is 27.2 Å². The first-order valence-electron chi connectivity index (χ1n) is 12.8. The Balaban J connectivity index is 1.61. The van der Waals surface area contributed by atoms with E-state index in [1.165, 1.54) is 0 Å². The number of nitrogens with one attached hydrogen (secondary N) is 1. The fraction of sp³-hybridized carbons (Fsp3) is 0.667. The van der Waals surface area contributed by atoms with Crippen LogP contribution in [0.15, 0.2) is 18.2 Å². The highest BCUT2D eigenvalue weighted by molar-refractivity contribution is 7.18. The number of aryl methyl sites for hydroxylation is 1. The third-order valence-electron chi connectivity index (χ3n) is 8.00. The zero-order valence-corrected chi connectivity index (χ0v) is 23.2. The lowest BCUT2D eigenvalue weighted by Gasteiger charge is -2.34. The Morgan fingerprint density at radius 3 is 2.67 bits per heavy atom. The second-order valence-corrected chi connectivity index (χ2v) is 13.0. The van der Waals surface area contributed by atoms with Gasteiger partial charge in [-0.25, -0.2) is 4.98 Å². The first-order chi connectivity index (χ1) is 16.8. The Morgan fingerprint density at radius 1 is 1.22 bits per heavy atom. The summed E-state index contributed by atoms with van der Waals surface area (Å²) in [5.41, 5.74) is 0.580. The summed E-state index contributed by atoms with van der Waals surface area (Å²) >= 11 is 8.37. The third kappa shape index (κ3) is 5.63. The van der Waals surface area contributed by atoms with Crippen LogP contribution in [0.25, 0.3) is 10.2 Å². The molecular weight excluding hydrogens is 500 g/mol. The average Bonchev–Trinajstić information content (AvgIpc) is 3.28. The maximum atomic E-state index is 13.3. The quantitative estimate of drug-likeness (QED) is 0.361. The standard InChI is InChI=1S/C27H37ClN2O5S/c1-14-7-6-10-27(28)22(35-27)12-18(17-8-9-20-19(11-17)29-16(3)36-20)30-23(32)13-21(31)26(4,5)25(34)15(2)24(14)33/h8-9,11,14-15,18,21-22,24,31,33H,6-7,10,12-13H2,1-5H3,(H,30,32)/t14-,15+,18-,21-,22-,24-,27+/m0/s1. The number of ketones is 1. The topological polar surface area (TPSA) is 112 Å². The molecule has 1 amide bonds. The molecule has 0 radical (unpaired) electrons. The number of nitrogens with zero attached hydrogens (tertiary/aromatic N) is 1. The molecule has 2 aliphatic heterocycles. The number of thiazole rings is 1. The minimum Gasteiger partial charge on any atom is -0.392 e. The highest BCUT2D eigenvalue weighted by atomic mass is 35.5. The number of alkyl halides is 1. The van der Waals surface area contributed by atoms with Crippen molar-refractivity contribution in [1.82, 2.24) is 10.3 Å². The molecule has 36 heavy (non-hydrogen) atoms. The van der Waals surface area contributed by atoms with E-state index in [9.17, 15) is 19.8 Å². The Hall–Kier alpha value is -1.58. The van der Waals surface area contributed by atoms with Crippen molar-refractivity contribution in [3.63, 3.8) is 0 Å². The van der Waals surface area contributed by atoms with E-state index in [4.69, 9.17) is 16.3 Å². The van der Waals surface area contributed by atoms with Gasteiger partial charge in [0.05, 0.1) is 45.3 Å². The van der Waals surface area contributed by atoms with Crippen molar-refractivity contribution in [2.45, 2.75) is 96.1 Å². The number of aromatic nitrogens is 1. The van der Waals surface area contributed by atoms with Crippen LogP contribution in [-0.2, 0) is 14.3 Å². The van der Waals surface area contributed by atoms with Crippen LogP contribution in [-0.4, -0.2) is 50.3 Å². The molecule has 1 aromatic heterocycles. The van der Waals surface area contributed by atoms with Gasteiger partial charge in [0, 0.05) is 12.3 Å². The fourth-order valence-electron chi connectivity index (χ4n) is 5.33. The van der Waals surface area contributed by atoms with Gasteiger partial charge < -0.3 is 20.3 Å². The summed E-state index contributed by atoms with van der Waals surface area (Å²) in [6.07, 6.45) is 0.0398. The molecule has 3 N–H and O–H groups in total. The lowest BCUT2D eigenvalue weighted by molar-refractivity contribution is -0.143. The summed E-state index contributed by atoms with van der Waals surface area (Å²) < 4.78 is 6.97. The predicted molar refractivity (Wildman–Crippen MR) is 141 cm³/mol. The Labute approximate surface area is 221 Å². The minimum atomic E-state index is -1.20. The number of aliphatic hydroxyl groups is 2. The molecule has 0 saturated carbocycles. The van der Waals surface area contributed by atoms with E-state index in [-0.39, 0.29) is 36.2 Å². The number of benzene rings is 1. The van der Waals surface area contributed by atoms with Crippen molar-refractivity contribution in [3.05, 3.63) is 28.8 Å². The average molecular weight is 537 g/mol. The summed E-state index contributed by atoms with van der Waals surface area (Å²) in [4.78, 5) is 31.0. The van der Waals surface area contributed by atoms with Crippen molar-refractivity contribution in [1.29, 1.82) is 0 Å². The maximum Gasteiger partial charge on any atom is 0.223 e. The van der Waals surface area contributed by atoms with Gasteiger partial charge in [0.25, 0.3) is 0 Å². The molecule has 0 spiro atoms. The number of hydrogen-bond donors (Lipinski definition) is 3. The van der Waals surface area contributed by atoms with Gasteiger partial charge in [-0.15, -0.1) is 11.3 Å². The van der Waals surface area contributed by atoms with Crippen LogP contribution in [0.3, 0.4) is 0 Å². The van der Waals surface area contributed by atoms with Crippen LogP contribution in [0, 0.1) is 24.2 Å². The second-order valence-electron chi connectivity index (χ2n) is 11.2. The molecule has 198 valence electrons. The van der Waals surface area contributed by atoms with Gasteiger partial charge in [0.1, 0.15) is 11.9 Å². The van der Waals surface area contributed by atoms with Crippen LogP contribution < -0.4 is 5.32 Å². The van der Waals surface area contributed by atoms with Gasteiger partial charge in [0.15, 0.2) is 5.06 Å². The van der Waals surface area contributed by atoms with Gasteiger partial charge in [-0.3, -0.25) is 9.59 Å². The first kappa shape index (κ1) is 27.5. The van der Waals surface area contributed by atoms with E-state index in [2.05, 4.69) is 10.3 Å². The van der Waals surface area contributed by atoms with Crippen LogP contribution in [0.4, 0.5) is 0 Å². The number of hydrogen-bond acceptors (Lipinski definition) is 7. The molecule has 9 heteroatoms. The number of epoxide rings is 1. The van der Waals surface area contributed by atoms with E-state index >= 15 is 0 Å². The molecule has 2 fully saturated rings. The largest absolute Gasteiger partial charge is 0.392 e. The fourth-order valence-corrected chi connectivity index (χ4v) is 6.47. The van der Waals surface area contributed by atoms with Crippen molar-refractivity contribution >= 4 is 44.8 Å². The smallest absolute Gasteiger partial charge is 0.223 e. The molecule has 0 aliphatic carbocycles. The molecule has 7 nitrogen and oxygen atoms in total. The molecule has 1 aromatic carbocycles. The maximum absolute atomic E-state index is 13.3. The lowest BCUT2D eigenvalue weighted by atomic mass is 9.73. The molecule has 3 heterocycles. The molecule has 7 atom stereocenters. The van der Waals surface area contributed by atoms with Gasteiger partial charge >= 0.3 is 0 Å². The molecular formula is C27H37ClN2O5S. The Morgan fingerprint density at radius 2 is 1.94 bits per heavy atom. The second kappa shape index (κ2) is 10.3. The zero-order valence-electron chi connectivity index (χ0n) is 21.6. The number of carbonyl (C=O) groups is 2. The summed E-state index contributed by atoms with van der Waals surface area (Å²) in [5.74, 6) is -1.41. The van der Waals surface area contributed by atoms with Gasteiger partial charge in [0.2, 0.25) is 5.91 Å². The van der Waals surface area contributed by atoms with E-state index in [0.29, 0.717) is 19.3 Å². The summed E-state index contributed by atoms with van der Waals surface area (Å²) in [7, 11) is 0. The molecule has 4 rings (SSSR count). The van der Waals surface area contributed by atoms with Gasteiger partial charge in [-0.1, -0.05) is 45.4 Å². The number of aliphatic hydroxyl groups excluding tert-OH is 2. The molecule has 2 aliphatic rings. The van der Waals surface area contributed by atoms with Gasteiger partial charge in [-0.2, -0.15) is 0 Å². The number of ether oxygens (including phenoxy) is 1. The molecule has 0 unspecified atom stereocenters. The monoisotopic (exact) mass is 536 g/mol. The van der Waals surface area contributed by atoms with E-state index < -0.39 is 28.6 Å². The number of fused-ring (bicyclic) bond motifs is 2. The highest BCUT2D eigenvalue weighted by Gasteiger charge is 2.55. The van der Waals surface area contributed by atoms with Crippen molar-refractivity contribution in [2.75, 3.05) is 0 Å². The zero-order chi connectivity index (χ0) is 26.4. The van der Waals surface area contributed by atoms with E-state index in [1.807, 2.05) is 32.0 Å². The molecule has 2 saturated heterocycles. The van der Waals surface area contributed by atoms with Gasteiger partial charge in [-0.05, 0) is 49.8 Å². The van der Waals surface area contributed by atoms with Crippen LogP contribution in [0.5, 0.6) is 0 Å².